The van der Waals surface area contributed by atoms with E-state index in [4.69, 9.17) is 4.74 Å². The van der Waals surface area contributed by atoms with E-state index in [0.29, 0.717) is 13.2 Å². The monoisotopic (exact) mass is 365 g/mol. The highest BCUT2D eigenvalue weighted by Gasteiger charge is 2.35. The van der Waals surface area contributed by atoms with E-state index in [-0.39, 0.29) is 11.6 Å². The van der Waals surface area contributed by atoms with E-state index in [9.17, 15) is 5.11 Å². The van der Waals surface area contributed by atoms with E-state index in [2.05, 4.69) is 67.3 Å². The van der Waals surface area contributed by atoms with E-state index < -0.39 is 6.10 Å². The molecule has 0 spiro atoms. The lowest BCUT2D eigenvalue weighted by atomic mass is 9.83. The number of benzene rings is 2. The molecule has 2 aromatic rings. The zero-order chi connectivity index (χ0) is 18.9. The summed E-state index contributed by atoms with van der Waals surface area (Å²) in [6, 6.07) is 17.3. The van der Waals surface area contributed by atoms with Crippen molar-refractivity contribution >= 4 is 0 Å². The van der Waals surface area contributed by atoms with Crippen LogP contribution in [0.5, 0.6) is 0 Å². The minimum Gasteiger partial charge on any atom is -0.389 e. The number of β-amino-alcohol motifs (C(OH)–C–C–N with tert-alkyl or cyclic N) is 1. The molecule has 1 heterocycles. The highest BCUT2D eigenvalue weighted by Crippen LogP contribution is 2.35. The van der Waals surface area contributed by atoms with Crippen molar-refractivity contribution in [3.8, 4) is 0 Å². The van der Waals surface area contributed by atoms with Gasteiger partial charge in [-0.1, -0.05) is 48.5 Å². The Morgan fingerprint density at radius 2 is 1.81 bits per heavy atom. The highest BCUT2D eigenvalue weighted by atomic mass is 16.5. The van der Waals surface area contributed by atoms with Crippen LogP contribution in [-0.2, 0) is 23.1 Å². The molecule has 1 aliphatic carbocycles. The fourth-order valence-corrected chi connectivity index (χ4v) is 4.78. The van der Waals surface area contributed by atoms with Gasteiger partial charge in [-0.15, -0.1) is 0 Å². The molecule has 0 fully saturated rings. The van der Waals surface area contributed by atoms with Gasteiger partial charge in [0.25, 0.3) is 0 Å². The van der Waals surface area contributed by atoms with Crippen molar-refractivity contribution in [1.82, 2.24) is 4.90 Å². The number of nitrogens with zero attached hydrogens (tertiary/aromatic N) is 1. The zero-order valence-electron chi connectivity index (χ0n) is 16.5. The van der Waals surface area contributed by atoms with Gasteiger partial charge in [0.2, 0.25) is 0 Å². The molecule has 0 amide bonds. The average Bonchev–Trinajstić information content (AvgIpc) is 2.69. The molecule has 2 aromatic carbocycles. The molecule has 1 N–H and O–H groups in total. The second kappa shape index (κ2) is 7.75. The number of hydrogen-bond acceptors (Lipinski definition) is 3. The molecule has 0 bridgehead atoms. The van der Waals surface area contributed by atoms with Gasteiger partial charge >= 0.3 is 0 Å². The van der Waals surface area contributed by atoms with Crippen molar-refractivity contribution in [2.45, 2.75) is 57.3 Å². The molecule has 0 radical (unpaired) electrons. The first-order valence-corrected chi connectivity index (χ1v) is 10.3. The van der Waals surface area contributed by atoms with E-state index >= 15 is 0 Å². The lowest BCUT2D eigenvalue weighted by Crippen LogP contribution is -2.50. The summed E-state index contributed by atoms with van der Waals surface area (Å²) in [4.78, 5) is 2.40. The first kappa shape index (κ1) is 18.7. The van der Waals surface area contributed by atoms with Gasteiger partial charge in [-0.3, -0.25) is 4.90 Å². The van der Waals surface area contributed by atoms with Crippen LogP contribution in [-0.4, -0.2) is 35.8 Å². The largest absolute Gasteiger partial charge is 0.389 e. The maximum absolute atomic E-state index is 10.7. The second-order valence-corrected chi connectivity index (χ2v) is 8.48. The van der Waals surface area contributed by atoms with Crippen molar-refractivity contribution in [2.24, 2.45) is 0 Å². The molecule has 0 saturated heterocycles. The number of aliphatic hydroxyl groups is 1. The number of ether oxygens (including phenoxy) is 1. The quantitative estimate of drug-likeness (QED) is 0.860. The van der Waals surface area contributed by atoms with Crippen molar-refractivity contribution in [3.63, 3.8) is 0 Å². The normalized spacial score (nSPS) is 22.7. The Kier molecular flexibility index (Phi) is 5.36. The molecule has 2 unspecified atom stereocenters. The predicted octanol–water partition coefficient (Wildman–Crippen LogP) is 4.23. The molecule has 144 valence electrons. The number of aliphatic hydroxyl groups excluding tert-OH is 1. The average molecular weight is 366 g/mol. The Morgan fingerprint density at radius 3 is 2.67 bits per heavy atom. The van der Waals surface area contributed by atoms with Gasteiger partial charge < -0.3 is 9.84 Å². The number of rotatable bonds is 5. The van der Waals surface area contributed by atoms with Crippen LogP contribution in [0.4, 0.5) is 0 Å². The fourth-order valence-electron chi connectivity index (χ4n) is 4.78. The van der Waals surface area contributed by atoms with Crippen molar-refractivity contribution in [3.05, 3.63) is 70.8 Å². The number of hydrogen-bond donors (Lipinski definition) is 1. The number of aryl methyl sites for hydroxylation is 1. The van der Waals surface area contributed by atoms with Crippen LogP contribution >= 0.6 is 0 Å². The molecular formula is C24H31NO2. The SMILES string of the molecule is CC1(C)c2ccccc2CCN1CC(O)COC1CCCc2ccccc21. The summed E-state index contributed by atoms with van der Waals surface area (Å²) in [6.45, 7) is 6.54. The molecular weight excluding hydrogens is 334 g/mol. The Bertz CT molecular complexity index is 785. The van der Waals surface area contributed by atoms with Crippen LogP contribution in [0.15, 0.2) is 48.5 Å². The van der Waals surface area contributed by atoms with Gasteiger partial charge in [0.1, 0.15) is 0 Å². The third-order valence-electron chi connectivity index (χ3n) is 6.35. The lowest BCUT2D eigenvalue weighted by molar-refractivity contribution is -0.0415. The number of fused-ring (bicyclic) bond motifs is 2. The predicted molar refractivity (Wildman–Crippen MR) is 109 cm³/mol. The summed E-state index contributed by atoms with van der Waals surface area (Å²) < 4.78 is 6.17. The maximum Gasteiger partial charge on any atom is 0.0900 e. The molecule has 0 saturated carbocycles. The van der Waals surface area contributed by atoms with Gasteiger partial charge in [0, 0.05) is 18.6 Å². The van der Waals surface area contributed by atoms with Crippen LogP contribution in [0.25, 0.3) is 0 Å². The van der Waals surface area contributed by atoms with Crippen LogP contribution in [0.2, 0.25) is 0 Å². The second-order valence-electron chi connectivity index (χ2n) is 8.48. The first-order valence-electron chi connectivity index (χ1n) is 10.3. The Hall–Kier alpha value is -1.68. The molecule has 0 aromatic heterocycles. The topological polar surface area (TPSA) is 32.7 Å². The minimum absolute atomic E-state index is 0.0622. The summed E-state index contributed by atoms with van der Waals surface area (Å²) >= 11 is 0. The molecule has 1 aliphatic heterocycles. The highest BCUT2D eigenvalue weighted by molar-refractivity contribution is 5.35. The van der Waals surface area contributed by atoms with Gasteiger partial charge in [0.05, 0.1) is 18.8 Å². The molecule has 27 heavy (non-hydrogen) atoms. The molecule has 3 heteroatoms. The summed E-state index contributed by atoms with van der Waals surface area (Å²) in [6.07, 6.45) is 4.05. The summed E-state index contributed by atoms with van der Waals surface area (Å²) in [5.41, 5.74) is 5.46. The van der Waals surface area contributed by atoms with Crippen molar-refractivity contribution < 1.29 is 9.84 Å². The van der Waals surface area contributed by atoms with Crippen LogP contribution in [0.3, 0.4) is 0 Å². The third kappa shape index (κ3) is 3.82. The first-order chi connectivity index (χ1) is 13.1. The van der Waals surface area contributed by atoms with Gasteiger partial charge in [0.15, 0.2) is 0 Å². The summed E-state index contributed by atoms with van der Waals surface area (Å²) in [5.74, 6) is 0. The van der Waals surface area contributed by atoms with Crippen molar-refractivity contribution in [1.29, 1.82) is 0 Å². The van der Waals surface area contributed by atoms with Crippen LogP contribution < -0.4 is 0 Å². The maximum atomic E-state index is 10.7. The van der Waals surface area contributed by atoms with Crippen LogP contribution in [0, 0.1) is 0 Å². The third-order valence-corrected chi connectivity index (χ3v) is 6.35. The van der Waals surface area contributed by atoms with Gasteiger partial charge in [-0.2, -0.15) is 0 Å². The molecule has 4 rings (SSSR count). The smallest absolute Gasteiger partial charge is 0.0900 e. The standard InChI is InChI=1S/C24H31NO2/c1-24(2)22-12-6-4-9-19(22)14-15-25(24)16-20(26)17-27-23-13-7-10-18-8-3-5-11-21(18)23/h3-6,8-9,11-12,20,23,26H,7,10,13-17H2,1-2H3. The summed E-state index contributed by atoms with van der Waals surface area (Å²) in [5, 5.41) is 10.7. The van der Waals surface area contributed by atoms with E-state index in [1.165, 1.54) is 22.3 Å². The molecule has 2 atom stereocenters. The Labute approximate surface area is 163 Å². The van der Waals surface area contributed by atoms with Gasteiger partial charge in [-0.25, -0.2) is 0 Å². The Morgan fingerprint density at radius 1 is 1.07 bits per heavy atom. The molecule has 2 aliphatic rings. The van der Waals surface area contributed by atoms with E-state index in [1.54, 1.807) is 0 Å². The minimum atomic E-state index is -0.469. The van der Waals surface area contributed by atoms with E-state index in [1.807, 2.05) is 0 Å². The van der Waals surface area contributed by atoms with Crippen LogP contribution in [0.1, 0.15) is 55.0 Å². The van der Waals surface area contributed by atoms with Gasteiger partial charge in [-0.05, 0) is 61.8 Å². The van der Waals surface area contributed by atoms with E-state index in [0.717, 1.165) is 32.2 Å². The van der Waals surface area contributed by atoms with Crippen molar-refractivity contribution in [2.75, 3.05) is 19.7 Å². The lowest BCUT2D eigenvalue weighted by Gasteiger charge is -2.44. The molecule has 3 nitrogen and oxygen atoms in total. The fraction of sp³-hybridized carbons (Fsp3) is 0.500. The zero-order valence-corrected chi connectivity index (χ0v) is 16.5. The summed E-state index contributed by atoms with van der Waals surface area (Å²) in [7, 11) is 0. The Balaban J connectivity index is 1.37.